The summed E-state index contributed by atoms with van der Waals surface area (Å²) in [7, 11) is 1.92. The van der Waals surface area contributed by atoms with E-state index in [0.29, 0.717) is 11.8 Å². The highest BCUT2D eigenvalue weighted by molar-refractivity contribution is 4.95. The van der Waals surface area contributed by atoms with E-state index in [1.54, 1.807) is 6.33 Å². The Kier molecular flexibility index (Phi) is 2.44. The molecule has 2 fully saturated rings. The highest BCUT2D eigenvalue weighted by Crippen LogP contribution is 2.38. The van der Waals surface area contributed by atoms with Crippen LogP contribution in [-0.4, -0.2) is 44.0 Å². The molecule has 0 bridgehead atoms. The van der Waals surface area contributed by atoms with Crippen LogP contribution in [0.25, 0.3) is 0 Å². The van der Waals surface area contributed by atoms with E-state index in [9.17, 15) is 5.11 Å². The van der Waals surface area contributed by atoms with Gasteiger partial charge in [-0.3, -0.25) is 9.58 Å². The zero-order valence-electron chi connectivity index (χ0n) is 9.58. The summed E-state index contributed by atoms with van der Waals surface area (Å²) >= 11 is 0. The van der Waals surface area contributed by atoms with Crippen LogP contribution in [0, 0.1) is 11.8 Å². The van der Waals surface area contributed by atoms with Gasteiger partial charge in [-0.05, 0) is 18.8 Å². The quantitative estimate of drug-likeness (QED) is 0.766. The van der Waals surface area contributed by atoms with Crippen molar-refractivity contribution in [1.82, 2.24) is 19.7 Å². The number of aliphatic hydroxyl groups is 1. The first-order valence-electron chi connectivity index (χ1n) is 5.97. The molecule has 1 aromatic heterocycles. The van der Waals surface area contributed by atoms with Crippen LogP contribution in [0.15, 0.2) is 6.33 Å². The molecule has 1 aliphatic heterocycles. The molecule has 0 spiro atoms. The second kappa shape index (κ2) is 3.82. The summed E-state index contributed by atoms with van der Waals surface area (Å²) < 4.78 is 1.82. The Morgan fingerprint density at radius 2 is 2.31 bits per heavy atom. The number of hydrogen-bond acceptors (Lipinski definition) is 4. The van der Waals surface area contributed by atoms with Gasteiger partial charge in [0.25, 0.3) is 0 Å². The zero-order chi connectivity index (χ0) is 11.1. The van der Waals surface area contributed by atoms with Gasteiger partial charge in [0.05, 0.1) is 12.6 Å². The molecule has 1 saturated carbocycles. The second-order valence-corrected chi connectivity index (χ2v) is 5.06. The Morgan fingerprint density at radius 1 is 1.44 bits per heavy atom. The van der Waals surface area contributed by atoms with Crippen molar-refractivity contribution >= 4 is 0 Å². The second-order valence-electron chi connectivity index (χ2n) is 5.06. The van der Waals surface area contributed by atoms with Gasteiger partial charge in [0.15, 0.2) is 0 Å². The van der Waals surface area contributed by atoms with Gasteiger partial charge >= 0.3 is 0 Å². The van der Waals surface area contributed by atoms with Crippen molar-refractivity contribution < 1.29 is 5.11 Å². The lowest BCUT2D eigenvalue weighted by atomic mass is 10.00. The third-order valence-corrected chi connectivity index (χ3v) is 4.06. The van der Waals surface area contributed by atoms with Gasteiger partial charge in [0.2, 0.25) is 0 Å². The van der Waals surface area contributed by atoms with Crippen LogP contribution < -0.4 is 0 Å². The first-order valence-corrected chi connectivity index (χ1v) is 5.97. The Morgan fingerprint density at radius 3 is 3.00 bits per heavy atom. The van der Waals surface area contributed by atoms with Crippen LogP contribution in [-0.2, 0) is 13.6 Å². The van der Waals surface area contributed by atoms with Crippen molar-refractivity contribution in [3.8, 4) is 0 Å². The Balaban J connectivity index is 1.65. The Bertz CT molecular complexity index is 378. The molecule has 16 heavy (non-hydrogen) atoms. The predicted molar refractivity (Wildman–Crippen MR) is 58.5 cm³/mol. The van der Waals surface area contributed by atoms with Crippen LogP contribution >= 0.6 is 0 Å². The molecule has 0 aromatic carbocycles. The lowest BCUT2D eigenvalue weighted by Crippen LogP contribution is -2.25. The number of aryl methyl sites for hydroxylation is 1. The van der Waals surface area contributed by atoms with E-state index >= 15 is 0 Å². The van der Waals surface area contributed by atoms with E-state index in [0.717, 1.165) is 31.9 Å². The maximum atomic E-state index is 9.84. The third kappa shape index (κ3) is 1.64. The fourth-order valence-electron chi connectivity index (χ4n) is 3.12. The van der Waals surface area contributed by atoms with Gasteiger partial charge < -0.3 is 5.11 Å². The molecule has 2 aliphatic rings. The molecule has 3 unspecified atom stereocenters. The number of aromatic nitrogens is 3. The molecule has 3 rings (SSSR count). The average Bonchev–Trinajstić information content (AvgIpc) is 2.90. The average molecular weight is 222 g/mol. The van der Waals surface area contributed by atoms with Crippen LogP contribution in [0.3, 0.4) is 0 Å². The molecule has 5 heteroatoms. The Hall–Kier alpha value is -0.940. The van der Waals surface area contributed by atoms with Crippen molar-refractivity contribution in [2.75, 3.05) is 13.1 Å². The summed E-state index contributed by atoms with van der Waals surface area (Å²) in [5.74, 6) is 2.20. The van der Waals surface area contributed by atoms with E-state index in [2.05, 4.69) is 15.0 Å². The molecule has 0 amide bonds. The van der Waals surface area contributed by atoms with Gasteiger partial charge in [0.1, 0.15) is 12.2 Å². The number of aliphatic hydroxyl groups excluding tert-OH is 1. The van der Waals surface area contributed by atoms with Crippen molar-refractivity contribution in [3.63, 3.8) is 0 Å². The highest BCUT2D eigenvalue weighted by atomic mass is 16.3. The number of rotatable bonds is 2. The first kappa shape index (κ1) is 10.2. The lowest BCUT2D eigenvalue weighted by molar-refractivity contribution is 0.123. The summed E-state index contributed by atoms with van der Waals surface area (Å²) in [4.78, 5) is 6.63. The van der Waals surface area contributed by atoms with Crippen LogP contribution in [0.1, 0.15) is 18.7 Å². The van der Waals surface area contributed by atoms with E-state index in [1.807, 2.05) is 11.7 Å². The first-order chi connectivity index (χ1) is 7.74. The van der Waals surface area contributed by atoms with E-state index in [-0.39, 0.29) is 6.10 Å². The lowest BCUT2D eigenvalue weighted by Gasteiger charge is -2.17. The maximum absolute atomic E-state index is 9.84. The minimum atomic E-state index is -0.0745. The molecule has 3 atom stereocenters. The van der Waals surface area contributed by atoms with Gasteiger partial charge in [-0.15, -0.1) is 0 Å². The molecule has 1 saturated heterocycles. The largest absolute Gasteiger partial charge is 0.393 e. The monoisotopic (exact) mass is 222 g/mol. The summed E-state index contributed by atoms with van der Waals surface area (Å²) in [5, 5.41) is 13.9. The Labute approximate surface area is 95.1 Å². The number of likely N-dealkylation sites (tertiary alicyclic amines) is 1. The maximum Gasteiger partial charge on any atom is 0.140 e. The molecule has 1 N–H and O–H groups in total. The third-order valence-electron chi connectivity index (χ3n) is 4.06. The normalized spacial score (nSPS) is 34.5. The summed E-state index contributed by atoms with van der Waals surface area (Å²) in [6, 6.07) is 0. The number of hydrogen-bond donors (Lipinski definition) is 1. The molecular formula is C11H18N4O. The highest BCUT2D eigenvalue weighted by Gasteiger charge is 2.41. The summed E-state index contributed by atoms with van der Waals surface area (Å²) in [6.07, 6.45) is 3.70. The molecule has 0 radical (unpaired) electrons. The number of nitrogens with zero attached hydrogens (tertiary/aromatic N) is 4. The summed E-state index contributed by atoms with van der Waals surface area (Å²) in [6.45, 7) is 2.98. The van der Waals surface area contributed by atoms with Gasteiger partial charge in [-0.25, -0.2) is 4.98 Å². The fourth-order valence-corrected chi connectivity index (χ4v) is 3.12. The van der Waals surface area contributed by atoms with Crippen molar-refractivity contribution in [1.29, 1.82) is 0 Å². The van der Waals surface area contributed by atoms with Crippen molar-refractivity contribution in [2.24, 2.45) is 18.9 Å². The van der Waals surface area contributed by atoms with Crippen LogP contribution in [0.4, 0.5) is 0 Å². The molecule has 5 nitrogen and oxygen atoms in total. The predicted octanol–water partition coefficient (Wildman–Crippen LogP) is 0.0178. The fraction of sp³-hybridized carbons (Fsp3) is 0.818. The molecule has 1 aliphatic carbocycles. The molecule has 88 valence electrons. The molecular weight excluding hydrogens is 204 g/mol. The zero-order valence-corrected chi connectivity index (χ0v) is 9.58. The standard InChI is InChI=1S/C11H18N4O/c1-14-11(12-7-13-14)6-15-4-8-2-3-10(16)9(8)5-15/h7-10,16H,2-6H2,1H3. The van der Waals surface area contributed by atoms with Crippen LogP contribution in [0.5, 0.6) is 0 Å². The summed E-state index contributed by atoms with van der Waals surface area (Å²) in [5.41, 5.74) is 0. The van der Waals surface area contributed by atoms with Crippen molar-refractivity contribution in [2.45, 2.75) is 25.5 Å². The van der Waals surface area contributed by atoms with Crippen LogP contribution in [0.2, 0.25) is 0 Å². The SMILES string of the molecule is Cn1ncnc1CN1CC2CCC(O)C2C1. The van der Waals surface area contributed by atoms with Gasteiger partial charge in [0, 0.05) is 26.1 Å². The topological polar surface area (TPSA) is 54.2 Å². The smallest absolute Gasteiger partial charge is 0.140 e. The number of fused-ring (bicyclic) bond motifs is 1. The molecule has 2 heterocycles. The van der Waals surface area contributed by atoms with E-state index in [4.69, 9.17) is 0 Å². The van der Waals surface area contributed by atoms with E-state index < -0.39 is 0 Å². The van der Waals surface area contributed by atoms with E-state index in [1.165, 1.54) is 6.42 Å². The van der Waals surface area contributed by atoms with Gasteiger partial charge in [-0.1, -0.05) is 0 Å². The van der Waals surface area contributed by atoms with Gasteiger partial charge in [-0.2, -0.15) is 5.10 Å². The van der Waals surface area contributed by atoms with Crippen molar-refractivity contribution in [3.05, 3.63) is 12.2 Å². The minimum absolute atomic E-state index is 0.0745. The molecule has 1 aromatic rings. The minimum Gasteiger partial charge on any atom is -0.393 e.